The average molecular weight is 270 g/mol. The first kappa shape index (κ1) is 12.6. The van der Waals surface area contributed by atoms with Crippen LogP contribution in [0.5, 0.6) is 11.6 Å². The molecule has 1 N–H and O–H groups in total. The summed E-state index contributed by atoms with van der Waals surface area (Å²) in [5.74, 6) is -0.175. The van der Waals surface area contributed by atoms with Crippen LogP contribution in [-0.4, -0.2) is 21.0 Å². The maximum atomic E-state index is 11.3. The van der Waals surface area contributed by atoms with E-state index in [-0.39, 0.29) is 5.56 Å². The maximum absolute atomic E-state index is 11.3. The quantitative estimate of drug-likeness (QED) is 0.928. The minimum Gasteiger partial charge on any atom is -0.478 e. The number of benzene rings is 1. The number of rotatable bonds is 3. The SMILES string of the molecule is Cc1cccc(C(=O)O)c1Oc1ncnc2c1CCC2. The highest BCUT2D eigenvalue weighted by molar-refractivity contribution is 5.91. The molecule has 0 radical (unpaired) electrons. The van der Waals surface area contributed by atoms with Crippen LogP contribution in [0.1, 0.15) is 33.6 Å². The van der Waals surface area contributed by atoms with Crippen LogP contribution in [0.4, 0.5) is 0 Å². The number of aryl methyl sites for hydroxylation is 2. The van der Waals surface area contributed by atoms with Gasteiger partial charge >= 0.3 is 5.97 Å². The number of hydrogen-bond acceptors (Lipinski definition) is 4. The number of ether oxygens (including phenoxy) is 1. The van der Waals surface area contributed by atoms with Crippen molar-refractivity contribution in [3.8, 4) is 11.6 Å². The van der Waals surface area contributed by atoms with Gasteiger partial charge in [0.05, 0.1) is 5.69 Å². The van der Waals surface area contributed by atoms with Crippen molar-refractivity contribution >= 4 is 5.97 Å². The average Bonchev–Trinajstić information content (AvgIpc) is 2.90. The number of hydrogen-bond donors (Lipinski definition) is 1. The van der Waals surface area contributed by atoms with E-state index >= 15 is 0 Å². The van der Waals surface area contributed by atoms with Crippen LogP contribution in [0.2, 0.25) is 0 Å². The van der Waals surface area contributed by atoms with Gasteiger partial charge in [-0.05, 0) is 37.8 Å². The summed E-state index contributed by atoms with van der Waals surface area (Å²) >= 11 is 0. The number of fused-ring (bicyclic) bond motifs is 1. The Labute approximate surface area is 116 Å². The van der Waals surface area contributed by atoms with Gasteiger partial charge in [-0.2, -0.15) is 0 Å². The number of nitrogens with zero attached hydrogens (tertiary/aromatic N) is 2. The van der Waals surface area contributed by atoms with E-state index in [1.807, 2.05) is 13.0 Å². The monoisotopic (exact) mass is 270 g/mol. The minimum atomic E-state index is -1.01. The molecule has 1 aliphatic rings. The molecule has 0 unspecified atom stereocenters. The summed E-state index contributed by atoms with van der Waals surface area (Å²) in [5, 5.41) is 9.25. The summed E-state index contributed by atoms with van der Waals surface area (Å²) in [6, 6.07) is 5.06. The van der Waals surface area contributed by atoms with Gasteiger partial charge in [0.2, 0.25) is 5.88 Å². The molecule has 0 bridgehead atoms. The zero-order chi connectivity index (χ0) is 14.1. The molecule has 1 heterocycles. The Morgan fingerprint density at radius 1 is 1.30 bits per heavy atom. The number of carboxylic acids is 1. The van der Waals surface area contributed by atoms with Gasteiger partial charge in [0.15, 0.2) is 0 Å². The molecule has 5 nitrogen and oxygen atoms in total. The van der Waals surface area contributed by atoms with Crippen molar-refractivity contribution in [2.75, 3.05) is 0 Å². The molecule has 1 aliphatic carbocycles. The fourth-order valence-corrected chi connectivity index (χ4v) is 2.47. The van der Waals surface area contributed by atoms with Gasteiger partial charge in [-0.1, -0.05) is 12.1 Å². The van der Waals surface area contributed by atoms with Crippen molar-refractivity contribution in [3.63, 3.8) is 0 Å². The molecule has 0 spiro atoms. The van der Waals surface area contributed by atoms with Crippen molar-refractivity contribution in [1.29, 1.82) is 0 Å². The lowest BCUT2D eigenvalue weighted by molar-refractivity contribution is 0.0694. The second kappa shape index (κ2) is 4.92. The first-order chi connectivity index (χ1) is 9.66. The Hall–Kier alpha value is -2.43. The molecule has 0 saturated heterocycles. The van der Waals surface area contributed by atoms with Crippen molar-refractivity contribution in [2.45, 2.75) is 26.2 Å². The highest BCUT2D eigenvalue weighted by Crippen LogP contribution is 2.33. The van der Waals surface area contributed by atoms with Crippen LogP contribution >= 0.6 is 0 Å². The summed E-state index contributed by atoms with van der Waals surface area (Å²) in [7, 11) is 0. The fourth-order valence-electron chi connectivity index (χ4n) is 2.47. The summed E-state index contributed by atoms with van der Waals surface area (Å²) < 4.78 is 5.81. The molecule has 0 atom stereocenters. The largest absolute Gasteiger partial charge is 0.478 e. The van der Waals surface area contributed by atoms with Gasteiger partial charge in [-0.15, -0.1) is 0 Å². The molecule has 102 valence electrons. The van der Waals surface area contributed by atoms with Crippen molar-refractivity contribution < 1.29 is 14.6 Å². The van der Waals surface area contributed by atoms with E-state index < -0.39 is 5.97 Å². The summed E-state index contributed by atoms with van der Waals surface area (Å²) in [6.45, 7) is 1.82. The van der Waals surface area contributed by atoms with Crippen molar-refractivity contribution in [3.05, 3.63) is 46.9 Å². The van der Waals surface area contributed by atoms with E-state index in [9.17, 15) is 9.90 Å². The second-order valence-electron chi connectivity index (χ2n) is 4.82. The molecule has 2 aromatic rings. The van der Waals surface area contributed by atoms with E-state index in [4.69, 9.17) is 4.74 Å². The van der Waals surface area contributed by atoms with Crippen molar-refractivity contribution in [2.24, 2.45) is 0 Å². The number of para-hydroxylation sites is 1. The van der Waals surface area contributed by atoms with Gasteiger partial charge in [0.1, 0.15) is 17.6 Å². The van der Waals surface area contributed by atoms with E-state index in [1.165, 1.54) is 12.4 Å². The van der Waals surface area contributed by atoms with Crippen LogP contribution in [0.15, 0.2) is 24.5 Å². The molecule has 1 aromatic carbocycles. The first-order valence-electron chi connectivity index (χ1n) is 6.50. The molecule has 3 rings (SSSR count). The molecular weight excluding hydrogens is 256 g/mol. The second-order valence-corrected chi connectivity index (χ2v) is 4.82. The van der Waals surface area contributed by atoms with E-state index in [1.54, 1.807) is 6.07 Å². The fraction of sp³-hybridized carbons (Fsp3) is 0.267. The van der Waals surface area contributed by atoms with Gasteiger partial charge in [0.25, 0.3) is 0 Å². The predicted molar refractivity (Wildman–Crippen MR) is 72.3 cm³/mol. The Kier molecular flexibility index (Phi) is 3.10. The Bertz CT molecular complexity index is 683. The summed E-state index contributed by atoms with van der Waals surface area (Å²) in [6.07, 6.45) is 4.30. The third-order valence-corrected chi connectivity index (χ3v) is 3.48. The molecule has 20 heavy (non-hydrogen) atoms. The normalized spacial score (nSPS) is 13.1. The summed E-state index contributed by atoms with van der Waals surface area (Å²) in [4.78, 5) is 19.7. The van der Waals surface area contributed by atoms with Crippen LogP contribution in [-0.2, 0) is 12.8 Å². The minimum absolute atomic E-state index is 0.148. The maximum Gasteiger partial charge on any atom is 0.339 e. The van der Waals surface area contributed by atoms with E-state index in [2.05, 4.69) is 9.97 Å². The zero-order valence-corrected chi connectivity index (χ0v) is 11.1. The third-order valence-electron chi connectivity index (χ3n) is 3.48. The Morgan fingerprint density at radius 3 is 2.95 bits per heavy atom. The van der Waals surface area contributed by atoms with Gasteiger partial charge < -0.3 is 9.84 Å². The van der Waals surface area contributed by atoms with Crippen LogP contribution in [0.3, 0.4) is 0 Å². The number of carbonyl (C=O) groups is 1. The van der Waals surface area contributed by atoms with Crippen LogP contribution < -0.4 is 4.74 Å². The number of aromatic carboxylic acids is 1. The predicted octanol–water partition coefficient (Wildman–Crippen LogP) is 2.76. The smallest absolute Gasteiger partial charge is 0.339 e. The molecular formula is C15H14N2O3. The topological polar surface area (TPSA) is 72.3 Å². The molecule has 0 fully saturated rings. The molecule has 1 aromatic heterocycles. The lowest BCUT2D eigenvalue weighted by Crippen LogP contribution is -2.04. The highest BCUT2D eigenvalue weighted by atomic mass is 16.5. The van der Waals surface area contributed by atoms with Crippen LogP contribution in [0, 0.1) is 6.92 Å². The lowest BCUT2D eigenvalue weighted by atomic mass is 10.1. The Morgan fingerprint density at radius 2 is 2.15 bits per heavy atom. The van der Waals surface area contributed by atoms with Crippen molar-refractivity contribution in [1.82, 2.24) is 9.97 Å². The van der Waals surface area contributed by atoms with E-state index in [0.29, 0.717) is 11.6 Å². The number of aromatic nitrogens is 2. The molecule has 0 aliphatic heterocycles. The van der Waals surface area contributed by atoms with Gasteiger partial charge in [-0.25, -0.2) is 14.8 Å². The highest BCUT2D eigenvalue weighted by Gasteiger charge is 2.21. The van der Waals surface area contributed by atoms with Gasteiger partial charge in [0, 0.05) is 5.56 Å². The standard InChI is InChI=1S/C15H14N2O3/c1-9-4-2-6-11(15(18)19)13(9)20-14-10-5-3-7-12(10)16-8-17-14/h2,4,6,8H,3,5,7H2,1H3,(H,18,19). The third kappa shape index (κ3) is 2.11. The summed E-state index contributed by atoms with van der Waals surface area (Å²) in [5.41, 5.74) is 2.91. The van der Waals surface area contributed by atoms with Crippen LogP contribution in [0.25, 0.3) is 0 Å². The number of carboxylic acid groups (broad SMARTS) is 1. The molecule has 5 heteroatoms. The van der Waals surface area contributed by atoms with E-state index in [0.717, 1.165) is 36.1 Å². The Balaban J connectivity index is 2.04. The zero-order valence-electron chi connectivity index (χ0n) is 11.1. The lowest BCUT2D eigenvalue weighted by Gasteiger charge is -2.12. The molecule has 0 saturated carbocycles. The molecule has 0 amide bonds. The first-order valence-corrected chi connectivity index (χ1v) is 6.50. The van der Waals surface area contributed by atoms with Gasteiger partial charge in [-0.3, -0.25) is 0 Å².